The van der Waals surface area contributed by atoms with Gasteiger partial charge in [0.1, 0.15) is 0 Å². The molecule has 0 aromatic heterocycles. The molecule has 0 spiro atoms. The summed E-state index contributed by atoms with van der Waals surface area (Å²) in [6.45, 7) is 13.0. The quantitative estimate of drug-likeness (QED) is 0.443. The molecule has 4 heteroatoms. The fourth-order valence-corrected chi connectivity index (χ4v) is 3.92. The number of hydrogen-bond acceptors (Lipinski definition) is 3. The van der Waals surface area contributed by atoms with Gasteiger partial charge in [0.15, 0.2) is 0 Å². The Labute approximate surface area is 107 Å². The molecule has 0 aliphatic carbocycles. The van der Waals surface area contributed by atoms with Crippen LogP contribution in [0.4, 0.5) is 0 Å². The first-order valence-electron chi connectivity index (χ1n) is 6.40. The first-order chi connectivity index (χ1) is 8.14. The average molecular weight is 258 g/mol. The maximum atomic E-state index is 6.02. The van der Waals surface area contributed by atoms with E-state index in [1.807, 2.05) is 25.6 Å². The Kier molecular flexibility index (Phi) is 9.35. The lowest BCUT2D eigenvalue weighted by molar-refractivity contribution is 0.0467. The summed E-state index contributed by atoms with van der Waals surface area (Å²) in [7, 11) is -2.67. The van der Waals surface area contributed by atoms with E-state index in [4.69, 9.17) is 13.3 Å². The van der Waals surface area contributed by atoms with Gasteiger partial charge in [0.2, 0.25) is 0 Å². The maximum absolute atomic E-state index is 6.02. The highest BCUT2D eigenvalue weighted by Gasteiger charge is 2.39. The third-order valence-corrected chi connectivity index (χ3v) is 4.90. The lowest BCUT2D eigenvalue weighted by atomic mass is 10.2. The molecule has 0 rings (SSSR count). The molecule has 3 nitrogen and oxygen atoms in total. The summed E-state index contributed by atoms with van der Waals surface area (Å²) in [4.78, 5) is 0. The summed E-state index contributed by atoms with van der Waals surface area (Å²) in [6.07, 6.45) is 5.81. The third kappa shape index (κ3) is 6.78. The van der Waals surface area contributed by atoms with Gasteiger partial charge in [-0.05, 0) is 32.9 Å². The van der Waals surface area contributed by atoms with Crippen molar-refractivity contribution >= 4 is 8.80 Å². The van der Waals surface area contributed by atoms with Crippen LogP contribution in [0.15, 0.2) is 24.4 Å². The lowest BCUT2D eigenvalue weighted by Crippen LogP contribution is -2.46. The highest BCUT2D eigenvalue weighted by atomic mass is 28.4. The zero-order chi connectivity index (χ0) is 13.1. The van der Waals surface area contributed by atoms with Crippen molar-refractivity contribution in [1.29, 1.82) is 0 Å². The molecule has 100 valence electrons. The lowest BCUT2D eigenvalue weighted by Gasteiger charge is -2.29. The minimum absolute atomic E-state index is 0.152. The molecular formula is C13H26O3Si. The summed E-state index contributed by atoms with van der Waals surface area (Å²) in [6, 6.07) is 0. The molecule has 0 N–H and O–H groups in total. The smallest absolute Gasteiger partial charge is 0.371 e. The number of hydrogen-bond donors (Lipinski definition) is 0. The van der Waals surface area contributed by atoms with Crippen molar-refractivity contribution in [2.24, 2.45) is 0 Å². The van der Waals surface area contributed by atoms with E-state index in [0.29, 0.717) is 13.2 Å². The van der Waals surface area contributed by atoms with Gasteiger partial charge >= 0.3 is 8.80 Å². The summed E-state index contributed by atoms with van der Waals surface area (Å²) in [5.74, 6) is 0. The van der Waals surface area contributed by atoms with Gasteiger partial charge in [-0.15, -0.1) is 0 Å². The van der Waals surface area contributed by atoms with Crippen molar-refractivity contribution in [2.75, 3.05) is 13.2 Å². The molecule has 0 amide bonds. The van der Waals surface area contributed by atoms with Gasteiger partial charge in [0.05, 0.1) is 0 Å². The molecule has 0 bridgehead atoms. The summed E-state index contributed by atoms with van der Waals surface area (Å²) in [5, 5.41) is 0. The molecular weight excluding hydrogens is 232 g/mol. The van der Waals surface area contributed by atoms with E-state index in [9.17, 15) is 0 Å². The minimum Gasteiger partial charge on any atom is -0.371 e. The van der Waals surface area contributed by atoms with E-state index in [1.165, 1.54) is 0 Å². The second kappa shape index (κ2) is 9.59. The Hall–Kier alpha value is -0.423. The van der Waals surface area contributed by atoms with Crippen molar-refractivity contribution in [1.82, 2.24) is 0 Å². The maximum Gasteiger partial charge on any atom is 0.529 e. The molecule has 17 heavy (non-hydrogen) atoms. The van der Waals surface area contributed by atoms with Gasteiger partial charge in [-0.25, -0.2) is 0 Å². The van der Waals surface area contributed by atoms with Crippen LogP contribution in [0.3, 0.4) is 0 Å². The molecule has 0 saturated heterocycles. The molecule has 0 aromatic rings. The highest BCUT2D eigenvalue weighted by Crippen LogP contribution is 2.17. The summed E-state index contributed by atoms with van der Waals surface area (Å²) < 4.78 is 17.5. The van der Waals surface area contributed by atoms with Crippen molar-refractivity contribution < 1.29 is 13.3 Å². The number of rotatable bonds is 10. The molecule has 1 unspecified atom stereocenters. The van der Waals surface area contributed by atoms with E-state index in [1.54, 1.807) is 6.08 Å². The normalized spacial score (nSPS) is 14.1. The molecule has 1 atom stereocenters. The molecule has 0 saturated carbocycles. The fourth-order valence-electron chi connectivity index (χ4n) is 1.58. The molecule has 0 heterocycles. The van der Waals surface area contributed by atoms with Gasteiger partial charge in [-0.1, -0.05) is 32.1 Å². The summed E-state index contributed by atoms with van der Waals surface area (Å²) in [5.41, 5.74) is 1.90. The topological polar surface area (TPSA) is 27.7 Å². The first-order valence-corrected chi connectivity index (χ1v) is 8.20. The predicted octanol–water partition coefficient (Wildman–Crippen LogP) is 3.48. The second-order valence-corrected chi connectivity index (χ2v) is 6.14. The minimum atomic E-state index is -2.67. The van der Waals surface area contributed by atoms with Crippen molar-refractivity contribution in [3.8, 4) is 0 Å². The first kappa shape index (κ1) is 16.6. The molecule has 0 aromatic carbocycles. The van der Waals surface area contributed by atoms with Gasteiger partial charge in [0, 0.05) is 19.3 Å². The Morgan fingerprint density at radius 1 is 1.18 bits per heavy atom. The standard InChI is InChI=1S/C13H26O3Si/c1-6-10-12-17(14-8-3,15-9-4)16-13(5)11-7-2/h6,10,12-13H,1,7-9,11H2,2-5H3. The Balaban J connectivity index is 4.74. The average Bonchev–Trinajstić information content (AvgIpc) is 2.27. The van der Waals surface area contributed by atoms with Crippen LogP contribution in [-0.2, 0) is 13.3 Å². The van der Waals surface area contributed by atoms with Crippen LogP contribution in [0.25, 0.3) is 0 Å². The van der Waals surface area contributed by atoms with E-state index in [2.05, 4.69) is 20.4 Å². The van der Waals surface area contributed by atoms with Crippen LogP contribution in [0.2, 0.25) is 0 Å². The van der Waals surface area contributed by atoms with Gasteiger partial charge < -0.3 is 13.3 Å². The zero-order valence-electron chi connectivity index (χ0n) is 11.6. The molecule has 0 aliphatic rings. The molecule has 0 aliphatic heterocycles. The van der Waals surface area contributed by atoms with Crippen molar-refractivity contribution in [2.45, 2.75) is 46.6 Å². The van der Waals surface area contributed by atoms with Gasteiger partial charge in [0.25, 0.3) is 0 Å². The predicted molar refractivity (Wildman–Crippen MR) is 73.8 cm³/mol. The Morgan fingerprint density at radius 2 is 1.76 bits per heavy atom. The Morgan fingerprint density at radius 3 is 2.18 bits per heavy atom. The zero-order valence-corrected chi connectivity index (χ0v) is 12.6. The van der Waals surface area contributed by atoms with Crippen LogP contribution in [-0.4, -0.2) is 28.1 Å². The molecule has 0 fully saturated rings. The van der Waals surface area contributed by atoms with E-state index < -0.39 is 8.80 Å². The number of allylic oxidation sites excluding steroid dienone is 2. The van der Waals surface area contributed by atoms with Crippen LogP contribution in [0.1, 0.15) is 40.5 Å². The largest absolute Gasteiger partial charge is 0.529 e. The second-order valence-electron chi connectivity index (χ2n) is 3.78. The molecule has 0 radical (unpaired) electrons. The highest BCUT2D eigenvalue weighted by molar-refractivity contribution is 6.66. The van der Waals surface area contributed by atoms with Gasteiger partial charge in [-0.3, -0.25) is 0 Å². The SMILES string of the molecule is C=CC=C[Si](OCC)(OCC)OC(C)CCC. The van der Waals surface area contributed by atoms with Gasteiger partial charge in [-0.2, -0.15) is 0 Å². The van der Waals surface area contributed by atoms with E-state index >= 15 is 0 Å². The van der Waals surface area contributed by atoms with Crippen LogP contribution < -0.4 is 0 Å². The third-order valence-electron chi connectivity index (χ3n) is 2.19. The van der Waals surface area contributed by atoms with E-state index in [0.717, 1.165) is 12.8 Å². The van der Waals surface area contributed by atoms with Crippen molar-refractivity contribution in [3.05, 3.63) is 24.4 Å². The fraction of sp³-hybridized carbons (Fsp3) is 0.692. The van der Waals surface area contributed by atoms with Crippen LogP contribution >= 0.6 is 0 Å². The van der Waals surface area contributed by atoms with E-state index in [-0.39, 0.29) is 6.10 Å². The monoisotopic (exact) mass is 258 g/mol. The summed E-state index contributed by atoms with van der Waals surface area (Å²) >= 11 is 0. The van der Waals surface area contributed by atoms with Crippen molar-refractivity contribution in [3.63, 3.8) is 0 Å². The van der Waals surface area contributed by atoms with Crippen LogP contribution in [0.5, 0.6) is 0 Å². The van der Waals surface area contributed by atoms with Crippen LogP contribution in [0, 0.1) is 0 Å². The Bertz CT molecular complexity index is 223.